The highest BCUT2D eigenvalue weighted by atomic mass is 16.5. The third kappa shape index (κ3) is 2.33. The first-order chi connectivity index (χ1) is 10.3. The topological polar surface area (TPSA) is 24.5 Å². The van der Waals surface area contributed by atoms with Crippen molar-refractivity contribution < 1.29 is 4.74 Å². The number of fused-ring (bicyclic) bond motifs is 2. The second kappa shape index (κ2) is 5.17. The largest absolute Gasteiger partial charge is 0.457 e. The van der Waals surface area contributed by atoms with Crippen LogP contribution < -0.4 is 10.1 Å². The lowest BCUT2D eigenvalue weighted by Crippen LogP contribution is -2.36. The molecule has 1 saturated heterocycles. The van der Waals surface area contributed by atoms with Crippen molar-refractivity contribution in [2.75, 3.05) is 20.1 Å². The number of para-hydroxylation sites is 2. The van der Waals surface area contributed by atoms with Crippen LogP contribution in [0.3, 0.4) is 0 Å². The molecule has 4 rings (SSSR count). The van der Waals surface area contributed by atoms with Crippen LogP contribution in [-0.4, -0.2) is 31.1 Å². The van der Waals surface area contributed by atoms with Gasteiger partial charge in [-0.05, 0) is 32.1 Å². The van der Waals surface area contributed by atoms with Gasteiger partial charge < -0.3 is 15.0 Å². The van der Waals surface area contributed by atoms with E-state index in [2.05, 4.69) is 53.7 Å². The van der Waals surface area contributed by atoms with Crippen molar-refractivity contribution in [2.45, 2.75) is 18.5 Å². The molecule has 0 bridgehead atoms. The van der Waals surface area contributed by atoms with Gasteiger partial charge in [-0.2, -0.15) is 0 Å². The van der Waals surface area contributed by atoms with Crippen LogP contribution in [0.1, 0.15) is 23.6 Å². The fourth-order valence-electron chi connectivity index (χ4n) is 3.40. The maximum Gasteiger partial charge on any atom is 0.132 e. The molecule has 2 aromatic rings. The molecule has 1 N–H and O–H groups in total. The highest BCUT2D eigenvalue weighted by molar-refractivity contribution is 5.52. The molecule has 0 spiro atoms. The number of hydrogen-bond donors (Lipinski definition) is 1. The monoisotopic (exact) mass is 280 g/mol. The lowest BCUT2D eigenvalue weighted by Gasteiger charge is -2.31. The molecule has 1 unspecified atom stereocenters. The molecule has 21 heavy (non-hydrogen) atoms. The van der Waals surface area contributed by atoms with E-state index in [1.807, 2.05) is 12.1 Å². The Morgan fingerprint density at radius 2 is 1.62 bits per heavy atom. The Morgan fingerprint density at radius 3 is 2.19 bits per heavy atom. The van der Waals surface area contributed by atoms with Crippen LogP contribution in [0.15, 0.2) is 48.5 Å². The molecular formula is C18H20N2O. The van der Waals surface area contributed by atoms with Crippen molar-refractivity contribution in [2.24, 2.45) is 0 Å². The minimum atomic E-state index is 0.225. The summed E-state index contributed by atoms with van der Waals surface area (Å²) in [7, 11) is 2.19. The molecule has 2 heterocycles. The lowest BCUT2D eigenvalue weighted by molar-refractivity contribution is 0.377. The van der Waals surface area contributed by atoms with Crippen LogP contribution in [0.5, 0.6) is 11.5 Å². The number of ether oxygens (including phenoxy) is 1. The van der Waals surface area contributed by atoms with E-state index in [4.69, 9.17) is 4.74 Å². The fraction of sp³-hybridized carbons (Fsp3) is 0.333. The first-order valence-corrected chi connectivity index (χ1v) is 7.61. The maximum absolute atomic E-state index is 6.04. The highest BCUT2D eigenvalue weighted by Crippen LogP contribution is 2.42. The molecule has 1 fully saturated rings. The average Bonchev–Trinajstić information content (AvgIpc) is 2.92. The Balaban J connectivity index is 1.71. The molecule has 0 aromatic heterocycles. The summed E-state index contributed by atoms with van der Waals surface area (Å²) in [6, 6.07) is 17.5. The molecule has 2 aliphatic rings. The van der Waals surface area contributed by atoms with Gasteiger partial charge in [0.1, 0.15) is 11.5 Å². The van der Waals surface area contributed by atoms with Crippen LogP contribution in [-0.2, 0) is 0 Å². The average molecular weight is 280 g/mol. The Hall–Kier alpha value is -1.84. The summed E-state index contributed by atoms with van der Waals surface area (Å²) in [4.78, 5) is 2.38. The Bertz CT molecular complexity index is 610. The second-order valence-corrected chi connectivity index (χ2v) is 6.03. The molecule has 2 aliphatic heterocycles. The molecule has 0 amide bonds. The minimum absolute atomic E-state index is 0.225. The summed E-state index contributed by atoms with van der Waals surface area (Å²) in [5, 5.41) is 3.84. The maximum atomic E-state index is 6.04. The van der Waals surface area contributed by atoms with E-state index < -0.39 is 0 Å². The minimum Gasteiger partial charge on any atom is -0.457 e. The first kappa shape index (κ1) is 12.9. The zero-order chi connectivity index (χ0) is 14.2. The van der Waals surface area contributed by atoms with Gasteiger partial charge in [0.15, 0.2) is 0 Å². The van der Waals surface area contributed by atoms with Crippen molar-refractivity contribution in [1.82, 2.24) is 10.2 Å². The summed E-state index contributed by atoms with van der Waals surface area (Å²) >= 11 is 0. The number of rotatable bonds is 2. The van der Waals surface area contributed by atoms with E-state index in [-0.39, 0.29) is 6.04 Å². The number of nitrogens with one attached hydrogen (secondary N) is 1. The molecule has 0 aliphatic carbocycles. The second-order valence-electron chi connectivity index (χ2n) is 6.03. The van der Waals surface area contributed by atoms with Gasteiger partial charge in [-0.25, -0.2) is 0 Å². The lowest BCUT2D eigenvalue weighted by atomic mass is 9.94. The van der Waals surface area contributed by atoms with E-state index in [0.717, 1.165) is 18.0 Å². The highest BCUT2D eigenvalue weighted by Gasteiger charge is 2.30. The smallest absolute Gasteiger partial charge is 0.132 e. The molecule has 0 saturated carbocycles. The van der Waals surface area contributed by atoms with Crippen molar-refractivity contribution in [3.63, 3.8) is 0 Å². The molecule has 2 aromatic carbocycles. The van der Waals surface area contributed by atoms with E-state index >= 15 is 0 Å². The summed E-state index contributed by atoms with van der Waals surface area (Å²) in [6.45, 7) is 2.28. The Kier molecular flexibility index (Phi) is 3.17. The first-order valence-electron chi connectivity index (χ1n) is 7.61. The predicted octanol–water partition coefficient (Wildman–Crippen LogP) is 3.18. The Morgan fingerprint density at radius 1 is 1.00 bits per heavy atom. The van der Waals surface area contributed by atoms with E-state index in [0.29, 0.717) is 6.04 Å². The summed E-state index contributed by atoms with van der Waals surface area (Å²) in [5.74, 6) is 1.94. The number of likely N-dealkylation sites (tertiary alicyclic amines) is 1. The number of likely N-dealkylation sites (N-methyl/N-ethyl adjacent to an activating group) is 1. The normalized spacial score (nSPS) is 21.7. The van der Waals surface area contributed by atoms with Gasteiger partial charge in [0.2, 0.25) is 0 Å². The summed E-state index contributed by atoms with van der Waals surface area (Å²) in [5.41, 5.74) is 2.48. The molecule has 1 atom stereocenters. The van der Waals surface area contributed by atoms with Crippen LogP contribution in [0.25, 0.3) is 0 Å². The summed E-state index contributed by atoms with van der Waals surface area (Å²) in [6.07, 6.45) is 1.21. The molecule has 3 nitrogen and oxygen atoms in total. The van der Waals surface area contributed by atoms with Gasteiger partial charge in [-0.1, -0.05) is 36.4 Å². The molecule has 108 valence electrons. The summed E-state index contributed by atoms with van der Waals surface area (Å²) < 4.78 is 6.04. The molecule has 0 radical (unpaired) electrons. The van der Waals surface area contributed by atoms with Crippen molar-refractivity contribution >= 4 is 0 Å². The number of hydrogen-bond acceptors (Lipinski definition) is 3. The zero-order valence-corrected chi connectivity index (χ0v) is 12.3. The number of benzene rings is 2. The van der Waals surface area contributed by atoms with Crippen LogP contribution in [0, 0.1) is 0 Å². The SMILES string of the molecule is CN1CCC(NC2c3ccccc3Oc3ccccc32)C1. The van der Waals surface area contributed by atoms with Crippen LogP contribution >= 0.6 is 0 Å². The quantitative estimate of drug-likeness (QED) is 0.914. The van der Waals surface area contributed by atoms with Gasteiger partial charge >= 0.3 is 0 Å². The van der Waals surface area contributed by atoms with Gasteiger partial charge in [0.05, 0.1) is 6.04 Å². The standard InChI is InChI=1S/C18H20N2O/c1-20-11-10-13(12-20)19-18-14-6-2-4-8-16(14)21-17-9-5-3-7-15(17)18/h2-9,13,18-19H,10-12H2,1H3. The van der Waals surface area contributed by atoms with Crippen molar-refractivity contribution in [3.05, 3.63) is 59.7 Å². The van der Waals surface area contributed by atoms with Gasteiger partial charge in [-0.15, -0.1) is 0 Å². The van der Waals surface area contributed by atoms with Crippen LogP contribution in [0.2, 0.25) is 0 Å². The van der Waals surface area contributed by atoms with E-state index in [1.165, 1.54) is 24.1 Å². The van der Waals surface area contributed by atoms with Crippen LogP contribution in [0.4, 0.5) is 0 Å². The predicted molar refractivity (Wildman–Crippen MR) is 83.8 cm³/mol. The van der Waals surface area contributed by atoms with E-state index in [1.54, 1.807) is 0 Å². The fourth-order valence-corrected chi connectivity index (χ4v) is 3.40. The van der Waals surface area contributed by atoms with Crippen molar-refractivity contribution in [3.8, 4) is 11.5 Å². The zero-order valence-electron chi connectivity index (χ0n) is 12.3. The van der Waals surface area contributed by atoms with E-state index in [9.17, 15) is 0 Å². The van der Waals surface area contributed by atoms with Gasteiger partial charge in [0, 0.05) is 23.7 Å². The Labute approximate surface area is 125 Å². The van der Waals surface area contributed by atoms with Crippen molar-refractivity contribution in [1.29, 1.82) is 0 Å². The molecular weight excluding hydrogens is 260 g/mol. The van der Waals surface area contributed by atoms with Gasteiger partial charge in [-0.3, -0.25) is 0 Å². The number of nitrogens with zero attached hydrogens (tertiary/aromatic N) is 1. The third-order valence-corrected chi connectivity index (χ3v) is 4.47. The van der Waals surface area contributed by atoms with Gasteiger partial charge in [0.25, 0.3) is 0 Å². The third-order valence-electron chi connectivity index (χ3n) is 4.47. The molecule has 3 heteroatoms.